The zero-order valence-electron chi connectivity index (χ0n) is 23.4. The van der Waals surface area contributed by atoms with Crippen LogP contribution in [0, 0.1) is 0 Å². The zero-order valence-corrected chi connectivity index (χ0v) is 23.4. The van der Waals surface area contributed by atoms with Gasteiger partial charge >= 0.3 is 0 Å². The molecule has 0 bridgehead atoms. The lowest BCUT2D eigenvalue weighted by Crippen LogP contribution is -2.10. The summed E-state index contributed by atoms with van der Waals surface area (Å²) < 4.78 is 5.97. The monoisotopic (exact) mass is 540 g/mol. The quantitative estimate of drug-likeness (QED) is 0.262. The number of nitrogens with zero attached hydrogens (tertiary/aromatic N) is 8. The van der Waals surface area contributed by atoms with Crippen LogP contribution in [0.25, 0.3) is 22.4 Å². The Bertz CT molecular complexity index is 1830. The largest absolute Gasteiger partial charge is 0.273 e. The van der Waals surface area contributed by atoms with Crippen LogP contribution in [-0.4, -0.2) is 39.3 Å². The minimum atomic E-state index is 0.616. The van der Waals surface area contributed by atoms with Crippen molar-refractivity contribution < 1.29 is 0 Å². The smallest absolute Gasteiger partial charge is 0.134 e. The molecule has 204 valence electrons. The van der Waals surface area contributed by atoms with Crippen molar-refractivity contribution in [3.63, 3.8) is 0 Å². The summed E-state index contributed by atoms with van der Waals surface area (Å²) in [5.74, 6) is 0.794. The number of fused-ring (bicyclic) bond motifs is 3. The van der Waals surface area contributed by atoms with E-state index in [-0.39, 0.29) is 0 Å². The van der Waals surface area contributed by atoms with Crippen molar-refractivity contribution in [2.24, 2.45) is 7.05 Å². The van der Waals surface area contributed by atoms with Gasteiger partial charge in [0.1, 0.15) is 5.82 Å². The molecule has 4 aromatic heterocycles. The van der Waals surface area contributed by atoms with E-state index in [2.05, 4.69) is 71.8 Å². The van der Waals surface area contributed by atoms with Crippen LogP contribution in [0.4, 0.5) is 0 Å². The summed E-state index contributed by atoms with van der Waals surface area (Å²) in [5, 5.41) is 14.2. The first-order chi connectivity index (χ1) is 20.1. The molecule has 0 atom stereocenters. The number of rotatable bonds is 8. The normalized spacial score (nSPS) is 12.3. The molecule has 0 spiro atoms. The van der Waals surface area contributed by atoms with Gasteiger partial charge in [-0.05, 0) is 48.1 Å². The lowest BCUT2D eigenvalue weighted by atomic mass is 9.91. The molecule has 0 aliphatic heterocycles. The third-order valence-corrected chi connectivity index (χ3v) is 7.83. The fourth-order valence-electron chi connectivity index (χ4n) is 5.71. The van der Waals surface area contributed by atoms with Crippen LogP contribution in [0.5, 0.6) is 0 Å². The average Bonchev–Trinajstić information content (AvgIpc) is 3.73. The standard InChI is InChI=1S/C33H32N8/c1-3-40-15-14-28(37-40)18-31-34-19-26-12-13-29-32(33(26)36-31)30(39(2)38-29)17-24-10-7-11-25(16-24)27-20-35-41(22-27)21-23-8-5-4-6-9-23/h4-11,14-16,19-20,22H,3,12-13,17-18,21H2,1-2H3. The first kappa shape index (κ1) is 25.1. The average molecular weight is 541 g/mol. The molecule has 1 aliphatic rings. The van der Waals surface area contributed by atoms with Gasteiger partial charge in [-0.2, -0.15) is 15.3 Å². The highest BCUT2D eigenvalue weighted by atomic mass is 15.3. The van der Waals surface area contributed by atoms with Gasteiger partial charge in [0.25, 0.3) is 0 Å². The van der Waals surface area contributed by atoms with Crippen LogP contribution in [0.1, 0.15) is 46.5 Å². The van der Waals surface area contributed by atoms with Crippen LogP contribution in [-0.2, 0) is 45.8 Å². The van der Waals surface area contributed by atoms with E-state index >= 15 is 0 Å². The third kappa shape index (κ3) is 5.09. The number of hydrogen-bond acceptors (Lipinski definition) is 5. The highest BCUT2D eigenvalue weighted by Gasteiger charge is 2.26. The molecule has 0 saturated heterocycles. The molecule has 0 radical (unpaired) electrons. The highest BCUT2D eigenvalue weighted by molar-refractivity contribution is 5.71. The summed E-state index contributed by atoms with van der Waals surface area (Å²) in [6.45, 7) is 3.70. The van der Waals surface area contributed by atoms with Crippen LogP contribution in [0.2, 0.25) is 0 Å². The van der Waals surface area contributed by atoms with E-state index in [0.29, 0.717) is 6.42 Å². The lowest BCUT2D eigenvalue weighted by Gasteiger charge is -2.16. The topological polar surface area (TPSA) is 79.2 Å². The number of aromatic nitrogens is 8. The summed E-state index contributed by atoms with van der Waals surface area (Å²) in [6.07, 6.45) is 11.3. The minimum Gasteiger partial charge on any atom is -0.273 e. The molecule has 0 saturated carbocycles. The van der Waals surface area contributed by atoms with E-state index in [4.69, 9.17) is 15.1 Å². The van der Waals surface area contributed by atoms with E-state index < -0.39 is 0 Å². The van der Waals surface area contributed by atoms with Crippen molar-refractivity contribution in [3.8, 4) is 22.4 Å². The molecule has 8 nitrogen and oxygen atoms in total. The second kappa shape index (κ2) is 10.6. The van der Waals surface area contributed by atoms with Gasteiger partial charge in [-0.15, -0.1) is 0 Å². The van der Waals surface area contributed by atoms with Gasteiger partial charge in [-0.1, -0.05) is 54.6 Å². The minimum absolute atomic E-state index is 0.616. The highest BCUT2D eigenvalue weighted by Crippen LogP contribution is 2.35. The Morgan fingerprint density at radius 1 is 0.829 bits per heavy atom. The predicted molar refractivity (Wildman–Crippen MR) is 158 cm³/mol. The summed E-state index contributed by atoms with van der Waals surface area (Å²) in [4.78, 5) is 9.77. The number of benzene rings is 2. The molecule has 41 heavy (non-hydrogen) atoms. The van der Waals surface area contributed by atoms with Gasteiger partial charge in [0.15, 0.2) is 0 Å². The van der Waals surface area contributed by atoms with Crippen LogP contribution >= 0.6 is 0 Å². The van der Waals surface area contributed by atoms with E-state index in [0.717, 1.165) is 71.9 Å². The van der Waals surface area contributed by atoms with Crippen molar-refractivity contribution in [3.05, 3.63) is 125 Å². The van der Waals surface area contributed by atoms with Gasteiger partial charge in [-0.25, -0.2) is 9.97 Å². The van der Waals surface area contributed by atoms with E-state index in [1.165, 1.54) is 22.4 Å². The van der Waals surface area contributed by atoms with Crippen LogP contribution < -0.4 is 0 Å². The van der Waals surface area contributed by atoms with Crippen molar-refractivity contribution >= 4 is 0 Å². The van der Waals surface area contributed by atoms with Gasteiger partial charge < -0.3 is 0 Å². The van der Waals surface area contributed by atoms with E-state index in [1.807, 2.05) is 51.8 Å². The third-order valence-electron chi connectivity index (χ3n) is 7.83. The molecule has 2 aromatic carbocycles. The Morgan fingerprint density at radius 2 is 1.71 bits per heavy atom. The Morgan fingerprint density at radius 3 is 2.56 bits per heavy atom. The maximum atomic E-state index is 5.08. The maximum Gasteiger partial charge on any atom is 0.134 e. The SMILES string of the molecule is CCn1ccc(Cc2ncc3c(n2)-c2c(nn(C)c2Cc2cccc(-c4cnn(Cc5ccccc5)c4)c2)CC3)n1. The Labute approximate surface area is 239 Å². The molecular formula is C33H32N8. The first-order valence-electron chi connectivity index (χ1n) is 14.2. The number of hydrogen-bond donors (Lipinski definition) is 0. The molecule has 0 amide bonds. The van der Waals surface area contributed by atoms with Crippen molar-refractivity contribution in [1.29, 1.82) is 0 Å². The van der Waals surface area contributed by atoms with Gasteiger partial charge in [0.2, 0.25) is 0 Å². The maximum absolute atomic E-state index is 5.08. The predicted octanol–water partition coefficient (Wildman–Crippen LogP) is 5.29. The lowest BCUT2D eigenvalue weighted by molar-refractivity contribution is 0.648. The summed E-state index contributed by atoms with van der Waals surface area (Å²) in [7, 11) is 2.05. The summed E-state index contributed by atoms with van der Waals surface area (Å²) >= 11 is 0. The fraction of sp³-hybridized carbons (Fsp3) is 0.242. The molecule has 8 heteroatoms. The summed E-state index contributed by atoms with van der Waals surface area (Å²) in [6, 6.07) is 21.2. The van der Waals surface area contributed by atoms with E-state index in [9.17, 15) is 0 Å². The first-order valence-corrected chi connectivity index (χ1v) is 14.2. The molecule has 0 unspecified atom stereocenters. The van der Waals surface area contributed by atoms with Gasteiger partial charge in [0.05, 0.1) is 41.9 Å². The Hall–Kier alpha value is -4.85. The second-order valence-corrected chi connectivity index (χ2v) is 10.7. The molecule has 6 aromatic rings. The second-order valence-electron chi connectivity index (χ2n) is 10.7. The molecule has 7 rings (SSSR count). The Kier molecular flexibility index (Phi) is 6.51. The van der Waals surface area contributed by atoms with Crippen molar-refractivity contribution in [2.75, 3.05) is 0 Å². The van der Waals surface area contributed by atoms with Crippen molar-refractivity contribution in [1.82, 2.24) is 39.3 Å². The van der Waals surface area contributed by atoms with Crippen LogP contribution in [0.3, 0.4) is 0 Å². The Balaban J connectivity index is 1.17. The molecule has 0 N–H and O–H groups in total. The van der Waals surface area contributed by atoms with Crippen molar-refractivity contribution in [2.45, 2.75) is 45.7 Å². The molecule has 0 fully saturated rings. The van der Waals surface area contributed by atoms with Gasteiger partial charge in [-0.3, -0.25) is 14.0 Å². The number of aryl methyl sites for hydroxylation is 4. The zero-order chi connectivity index (χ0) is 27.8. The molecule has 1 aliphatic carbocycles. The van der Waals surface area contributed by atoms with E-state index in [1.54, 1.807) is 0 Å². The molecule has 4 heterocycles. The molecular weight excluding hydrogens is 508 g/mol. The van der Waals surface area contributed by atoms with Gasteiger partial charge in [0, 0.05) is 49.7 Å². The summed E-state index contributed by atoms with van der Waals surface area (Å²) in [5.41, 5.74) is 11.4. The van der Waals surface area contributed by atoms with Crippen LogP contribution in [0.15, 0.2) is 85.5 Å². The fourth-order valence-corrected chi connectivity index (χ4v) is 5.71.